The van der Waals surface area contributed by atoms with Crippen LogP contribution in [0, 0.1) is 6.92 Å². The molecule has 0 amide bonds. The average molecular weight is 326 g/mol. The van der Waals surface area contributed by atoms with Crippen LogP contribution in [0.3, 0.4) is 0 Å². The van der Waals surface area contributed by atoms with Gasteiger partial charge >= 0.3 is 6.18 Å². The van der Waals surface area contributed by atoms with Crippen LogP contribution in [0.5, 0.6) is 0 Å². The molecule has 0 unspecified atom stereocenters. The van der Waals surface area contributed by atoms with Gasteiger partial charge in [0.1, 0.15) is 12.9 Å². The highest BCUT2D eigenvalue weighted by Gasteiger charge is 2.30. The fraction of sp³-hybridized carbons (Fsp3) is 0.467. The molecule has 1 aromatic carbocycles. The van der Waals surface area contributed by atoms with E-state index in [0.717, 1.165) is 35.3 Å². The minimum Gasteiger partial charge on any atom is -0.378 e. The highest BCUT2D eigenvalue weighted by atomic mass is 19.4. The summed E-state index contributed by atoms with van der Waals surface area (Å²) in [4.78, 5) is 6.18. The predicted molar refractivity (Wildman–Crippen MR) is 79.3 cm³/mol. The second-order valence-corrected chi connectivity index (χ2v) is 5.46. The third-order valence-corrected chi connectivity index (χ3v) is 3.75. The summed E-state index contributed by atoms with van der Waals surface area (Å²) < 4.78 is 44.0. The minimum atomic E-state index is -4.33. The number of rotatable bonds is 3. The van der Waals surface area contributed by atoms with Gasteiger partial charge in [-0.2, -0.15) is 18.3 Å². The molecule has 2 heterocycles. The first-order valence-corrected chi connectivity index (χ1v) is 7.32. The first-order chi connectivity index (χ1) is 10.9. The maximum atomic E-state index is 12.6. The lowest BCUT2D eigenvalue weighted by Crippen LogP contribution is -2.36. The van der Waals surface area contributed by atoms with E-state index in [2.05, 4.69) is 15.0 Å². The number of ether oxygens (including phenoxy) is 1. The van der Waals surface area contributed by atoms with Gasteiger partial charge in [-0.3, -0.25) is 0 Å². The van der Waals surface area contributed by atoms with Gasteiger partial charge in [0.25, 0.3) is 0 Å². The van der Waals surface area contributed by atoms with Crippen LogP contribution in [0.4, 0.5) is 18.9 Å². The summed E-state index contributed by atoms with van der Waals surface area (Å²) >= 11 is 0. The minimum absolute atomic E-state index is 0.221. The summed E-state index contributed by atoms with van der Waals surface area (Å²) in [6.45, 7) is 3.78. The van der Waals surface area contributed by atoms with Crippen LogP contribution in [-0.4, -0.2) is 47.2 Å². The van der Waals surface area contributed by atoms with E-state index in [1.807, 2.05) is 19.1 Å². The van der Waals surface area contributed by atoms with Crippen molar-refractivity contribution in [2.24, 2.45) is 0 Å². The molecule has 0 radical (unpaired) electrons. The summed E-state index contributed by atoms with van der Waals surface area (Å²) in [5, 5.41) is 3.68. The lowest BCUT2D eigenvalue weighted by molar-refractivity contribution is -0.142. The SMILES string of the molecule is Cc1cc(-c2ncnn2CC(F)(F)F)ccc1N1CCOCC1. The van der Waals surface area contributed by atoms with Crippen LogP contribution in [0.2, 0.25) is 0 Å². The van der Waals surface area contributed by atoms with Crippen molar-refractivity contribution in [3.05, 3.63) is 30.1 Å². The Morgan fingerprint density at radius 1 is 1.22 bits per heavy atom. The molecule has 23 heavy (non-hydrogen) atoms. The van der Waals surface area contributed by atoms with Crippen molar-refractivity contribution < 1.29 is 17.9 Å². The van der Waals surface area contributed by atoms with Crippen LogP contribution in [0.15, 0.2) is 24.5 Å². The van der Waals surface area contributed by atoms with E-state index in [1.165, 1.54) is 0 Å². The molecule has 0 saturated carbocycles. The third kappa shape index (κ3) is 3.64. The molecule has 5 nitrogen and oxygen atoms in total. The monoisotopic (exact) mass is 326 g/mol. The number of hydrogen-bond acceptors (Lipinski definition) is 4. The van der Waals surface area contributed by atoms with Crippen LogP contribution in [0.1, 0.15) is 5.56 Å². The smallest absolute Gasteiger partial charge is 0.378 e. The van der Waals surface area contributed by atoms with Gasteiger partial charge in [-0.05, 0) is 30.7 Å². The molecule has 1 aromatic heterocycles. The van der Waals surface area contributed by atoms with Crippen LogP contribution >= 0.6 is 0 Å². The molecule has 0 atom stereocenters. The average Bonchev–Trinajstić information content (AvgIpc) is 2.94. The molecule has 1 aliphatic heterocycles. The van der Waals surface area contributed by atoms with E-state index in [4.69, 9.17) is 4.74 Å². The summed E-state index contributed by atoms with van der Waals surface area (Å²) in [5.74, 6) is 0.221. The highest BCUT2D eigenvalue weighted by molar-refractivity contribution is 5.64. The van der Waals surface area contributed by atoms with Gasteiger partial charge in [0.2, 0.25) is 0 Å². The van der Waals surface area contributed by atoms with Crippen molar-refractivity contribution >= 4 is 5.69 Å². The predicted octanol–water partition coefficient (Wildman–Crippen LogP) is 2.65. The van der Waals surface area contributed by atoms with Crippen molar-refractivity contribution in [1.29, 1.82) is 0 Å². The molecule has 0 spiro atoms. The Hall–Kier alpha value is -2.09. The maximum Gasteiger partial charge on any atom is 0.408 e. The van der Waals surface area contributed by atoms with Crippen LogP contribution in [-0.2, 0) is 11.3 Å². The number of aryl methyl sites for hydroxylation is 1. The maximum absolute atomic E-state index is 12.6. The van der Waals surface area contributed by atoms with Crippen molar-refractivity contribution in [3.8, 4) is 11.4 Å². The van der Waals surface area contributed by atoms with E-state index in [-0.39, 0.29) is 5.82 Å². The topological polar surface area (TPSA) is 43.2 Å². The third-order valence-electron chi connectivity index (χ3n) is 3.75. The number of benzene rings is 1. The lowest BCUT2D eigenvalue weighted by Gasteiger charge is -2.30. The van der Waals surface area contributed by atoms with Gasteiger partial charge in [0.05, 0.1) is 13.2 Å². The Bertz CT molecular complexity index is 678. The van der Waals surface area contributed by atoms with Crippen LogP contribution in [0.25, 0.3) is 11.4 Å². The molecule has 124 valence electrons. The second-order valence-electron chi connectivity index (χ2n) is 5.46. The molecule has 0 bridgehead atoms. The summed E-state index contributed by atoms with van der Waals surface area (Å²) in [5.41, 5.74) is 2.69. The normalized spacial score (nSPS) is 15.9. The zero-order valence-electron chi connectivity index (χ0n) is 12.7. The number of hydrogen-bond donors (Lipinski definition) is 0. The molecular weight excluding hydrogens is 309 g/mol. The molecule has 0 aliphatic carbocycles. The Morgan fingerprint density at radius 2 is 1.96 bits per heavy atom. The number of nitrogens with zero attached hydrogens (tertiary/aromatic N) is 4. The molecular formula is C15H17F3N4O. The summed E-state index contributed by atoms with van der Waals surface area (Å²) in [6.07, 6.45) is -3.18. The quantitative estimate of drug-likeness (QED) is 0.870. The standard InChI is InChI=1S/C15H17F3N4O/c1-11-8-12(2-3-13(11)21-4-6-23-7-5-21)14-19-10-20-22(14)9-15(16,17)18/h2-3,8,10H,4-7,9H2,1H3. The number of halogens is 3. The van der Waals surface area contributed by atoms with Crippen molar-refractivity contribution in [3.63, 3.8) is 0 Å². The Labute approximate surface area is 131 Å². The van der Waals surface area contributed by atoms with Gasteiger partial charge in [0.15, 0.2) is 5.82 Å². The molecule has 2 aromatic rings. The van der Waals surface area contributed by atoms with Gasteiger partial charge < -0.3 is 9.64 Å². The second kappa shape index (κ2) is 6.19. The number of aromatic nitrogens is 3. The Balaban J connectivity index is 1.87. The first kappa shape index (κ1) is 15.8. The Kier molecular flexibility index (Phi) is 4.25. The van der Waals surface area contributed by atoms with E-state index < -0.39 is 12.7 Å². The van der Waals surface area contributed by atoms with Gasteiger partial charge in [-0.15, -0.1) is 0 Å². The number of anilines is 1. The molecule has 8 heteroatoms. The summed E-state index contributed by atoms with van der Waals surface area (Å²) in [6, 6.07) is 5.55. The van der Waals surface area contributed by atoms with E-state index in [0.29, 0.717) is 18.8 Å². The number of alkyl halides is 3. The molecule has 1 saturated heterocycles. The van der Waals surface area contributed by atoms with E-state index in [9.17, 15) is 13.2 Å². The molecule has 3 rings (SSSR count). The fourth-order valence-electron chi connectivity index (χ4n) is 2.73. The molecule has 1 aliphatic rings. The zero-order chi connectivity index (χ0) is 16.4. The van der Waals surface area contributed by atoms with Gasteiger partial charge in [-0.25, -0.2) is 9.67 Å². The lowest BCUT2D eigenvalue weighted by atomic mass is 10.1. The highest BCUT2D eigenvalue weighted by Crippen LogP contribution is 2.28. The van der Waals surface area contributed by atoms with Gasteiger partial charge in [0, 0.05) is 24.3 Å². The van der Waals surface area contributed by atoms with E-state index in [1.54, 1.807) is 6.07 Å². The molecule has 1 fully saturated rings. The van der Waals surface area contributed by atoms with Gasteiger partial charge in [-0.1, -0.05) is 0 Å². The van der Waals surface area contributed by atoms with Crippen molar-refractivity contribution in [2.75, 3.05) is 31.2 Å². The Morgan fingerprint density at radius 3 is 2.61 bits per heavy atom. The summed E-state index contributed by atoms with van der Waals surface area (Å²) in [7, 11) is 0. The zero-order valence-corrected chi connectivity index (χ0v) is 12.7. The fourth-order valence-corrected chi connectivity index (χ4v) is 2.73. The van der Waals surface area contributed by atoms with Crippen molar-refractivity contribution in [2.45, 2.75) is 19.6 Å². The van der Waals surface area contributed by atoms with Crippen LogP contribution < -0.4 is 4.90 Å². The molecule has 0 N–H and O–H groups in total. The number of morpholine rings is 1. The van der Waals surface area contributed by atoms with E-state index >= 15 is 0 Å². The van der Waals surface area contributed by atoms with Crippen molar-refractivity contribution in [1.82, 2.24) is 14.8 Å². The largest absolute Gasteiger partial charge is 0.408 e. The first-order valence-electron chi connectivity index (χ1n) is 7.32.